The van der Waals surface area contributed by atoms with Gasteiger partial charge >= 0.3 is 0 Å². The van der Waals surface area contributed by atoms with Crippen LogP contribution in [0, 0.1) is 0 Å². The average Bonchev–Trinajstić information content (AvgIpc) is 1.98. The van der Waals surface area contributed by atoms with Gasteiger partial charge in [-0.3, -0.25) is 4.79 Å². The lowest BCUT2D eigenvalue weighted by atomic mass is 10.3. The molecule has 64 valence electrons. The number of hydrogen-bond acceptors (Lipinski definition) is 2. The Morgan fingerprint density at radius 3 is 2.55 bits per heavy atom. The Labute approximate surface area is 67.3 Å². The lowest BCUT2D eigenvalue weighted by molar-refractivity contribution is -0.128. The number of aliphatic hydroxyl groups excluding tert-OH is 1. The Bertz CT molecular complexity index is 143. The van der Waals surface area contributed by atoms with E-state index in [9.17, 15) is 4.79 Å². The summed E-state index contributed by atoms with van der Waals surface area (Å²) in [5.74, 6) is -0.131. The fourth-order valence-corrected chi connectivity index (χ4v) is 0.848. The SMILES string of the molecule is C=CC(=O)N(CCO)C(C)C. The number of nitrogens with zero attached hydrogens (tertiary/aromatic N) is 1. The minimum Gasteiger partial charge on any atom is -0.395 e. The van der Waals surface area contributed by atoms with Gasteiger partial charge in [0.1, 0.15) is 0 Å². The summed E-state index contributed by atoms with van der Waals surface area (Å²) in [6.45, 7) is 7.55. The van der Waals surface area contributed by atoms with Gasteiger partial charge in [0.25, 0.3) is 0 Å². The number of amides is 1. The summed E-state index contributed by atoms with van der Waals surface area (Å²) in [5, 5.41) is 8.60. The molecule has 0 radical (unpaired) electrons. The molecule has 0 aromatic rings. The van der Waals surface area contributed by atoms with Gasteiger partial charge in [0.15, 0.2) is 0 Å². The molecule has 0 aliphatic heterocycles. The third-order valence-corrected chi connectivity index (χ3v) is 1.42. The molecule has 0 aliphatic carbocycles. The Morgan fingerprint density at radius 2 is 2.27 bits per heavy atom. The molecule has 0 saturated heterocycles. The van der Waals surface area contributed by atoms with Crippen LogP contribution >= 0.6 is 0 Å². The molecule has 0 aliphatic rings. The molecule has 1 amide bonds. The molecule has 1 N–H and O–H groups in total. The Hall–Kier alpha value is -0.830. The zero-order chi connectivity index (χ0) is 8.85. The van der Waals surface area contributed by atoms with E-state index in [4.69, 9.17) is 5.11 Å². The van der Waals surface area contributed by atoms with Crippen molar-refractivity contribution in [2.75, 3.05) is 13.2 Å². The highest BCUT2D eigenvalue weighted by Gasteiger charge is 2.11. The minimum absolute atomic E-state index is 0.00222. The maximum atomic E-state index is 11.0. The van der Waals surface area contributed by atoms with Crippen molar-refractivity contribution in [3.05, 3.63) is 12.7 Å². The van der Waals surface area contributed by atoms with Crippen LogP contribution in [0.1, 0.15) is 13.8 Å². The van der Waals surface area contributed by atoms with Gasteiger partial charge in [0.2, 0.25) is 5.91 Å². The number of hydrogen-bond donors (Lipinski definition) is 1. The quantitative estimate of drug-likeness (QED) is 0.600. The van der Waals surface area contributed by atoms with E-state index in [0.717, 1.165) is 0 Å². The first kappa shape index (κ1) is 10.2. The second-order valence-electron chi connectivity index (χ2n) is 2.55. The summed E-state index contributed by atoms with van der Waals surface area (Å²) in [6, 6.07) is 0.118. The molecule has 0 unspecified atom stereocenters. The van der Waals surface area contributed by atoms with Crippen LogP contribution in [-0.4, -0.2) is 35.1 Å². The van der Waals surface area contributed by atoms with E-state index >= 15 is 0 Å². The Morgan fingerprint density at radius 1 is 1.73 bits per heavy atom. The first-order valence-corrected chi connectivity index (χ1v) is 3.67. The highest BCUT2D eigenvalue weighted by atomic mass is 16.3. The van der Waals surface area contributed by atoms with Crippen LogP contribution in [0.3, 0.4) is 0 Å². The standard InChI is InChI=1S/C8H15NO2/c1-4-8(11)9(5-6-10)7(2)3/h4,7,10H,1,5-6H2,2-3H3. The summed E-state index contributed by atoms with van der Waals surface area (Å²) < 4.78 is 0. The van der Waals surface area contributed by atoms with Crippen molar-refractivity contribution in [1.29, 1.82) is 0 Å². The first-order chi connectivity index (χ1) is 5.13. The molecule has 3 nitrogen and oxygen atoms in total. The maximum Gasteiger partial charge on any atom is 0.246 e. The molecular weight excluding hydrogens is 142 g/mol. The minimum atomic E-state index is -0.131. The van der Waals surface area contributed by atoms with Crippen LogP contribution in [0.15, 0.2) is 12.7 Å². The number of carbonyl (C=O) groups is 1. The maximum absolute atomic E-state index is 11.0. The lowest BCUT2D eigenvalue weighted by Crippen LogP contribution is -2.37. The van der Waals surface area contributed by atoms with Gasteiger partial charge in [-0.15, -0.1) is 0 Å². The topological polar surface area (TPSA) is 40.5 Å². The van der Waals surface area contributed by atoms with Gasteiger partial charge in [0.05, 0.1) is 6.61 Å². The van der Waals surface area contributed by atoms with Crippen LogP contribution in [0.25, 0.3) is 0 Å². The molecule has 0 saturated carbocycles. The van der Waals surface area contributed by atoms with Gasteiger partial charge in [-0.1, -0.05) is 6.58 Å². The monoisotopic (exact) mass is 157 g/mol. The zero-order valence-electron chi connectivity index (χ0n) is 7.08. The van der Waals surface area contributed by atoms with Crippen LogP contribution in [0.4, 0.5) is 0 Å². The summed E-state index contributed by atoms with van der Waals surface area (Å²) in [5.41, 5.74) is 0. The van der Waals surface area contributed by atoms with E-state index in [-0.39, 0.29) is 18.6 Å². The number of aliphatic hydroxyl groups is 1. The molecule has 0 aromatic carbocycles. The number of rotatable bonds is 4. The van der Waals surface area contributed by atoms with Crippen LogP contribution in [0.2, 0.25) is 0 Å². The second-order valence-corrected chi connectivity index (χ2v) is 2.55. The third-order valence-electron chi connectivity index (χ3n) is 1.42. The van der Waals surface area contributed by atoms with Crippen molar-refractivity contribution in [2.24, 2.45) is 0 Å². The molecule has 0 fully saturated rings. The molecule has 0 spiro atoms. The predicted octanol–water partition coefficient (Wildman–Crippen LogP) is 0.402. The second kappa shape index (κ2) is 4.91. The van der Waals surface area contributed by atoms with Crippen molar-refractivity contribution in [2.45, 2.75) is 19.9 Å². The number of carbonyl (C=O) groups excluding carboxylic acids is 1. The normalized spacial score (nSPS) is 9.82. The van der Waals surface area contributed by atoms with E-state index < -0.39 is 0 Å². The largest absolute Gasteiger partial charge is 0.395 e. The summed E-state index contributed by atoms with van der Waals surface area (Å²) in [6.07, 6.45) is 1.26. The molecule has 0 bridgehead atoms. The van der Waals surface area contributed by atoms with Crippen molar-refractivity contribution >= 4 is 5.91 Å². The molecular formula is C8H15NO2. The summed E-state index contributed by atoms with van der Waals surface area (Å²) >= 11 is 0. The third kappa shape index (κ3) is 3.18. The van der Waals surface area contributed by atoms with Crippen molar-refractivity contribution < 1.29 is 9.90 Å². The van der Waals surface area contributed by atoms with Crippen molar-refractivity contribution in [3.8, 4) is 0 Å². The fourth-order valence-electron chi connectivity index (χ4n) is 0.848. The van der Waals surface area contributed by atoms with E-state index in [1.807, 2.05) is 13.8 Å². The smallest absolute Gasteiger partial charge is 0.246 e. The van der Waals surface area contributed by atoms with Crippen LogP contribution in [0.5, 0.6) is 0 Å². The van der Waals surface area contributed by atoms with Crippen LogP contribution in [-0.2, 0) is 4.79 Å². The zero-order valence-corrected chi connectivity index (χ0v) is 7.08. The van der Waals surface area contributed by atoms with Crippen molar-refractivity contribution in [3.63, 3.8) is 0 Å². The summed E-state index contributed by atoms with van der Waals surface area (Å²) in [7, 11) is 0. The highest BCUT2D eigenvalue weighted by Crippen LogP contribution is 1.97. The first-order valence-electron chi connectivity index (χ1n) is 3.67. The molecule has 0 heterocycles. The molecule has 0 rings (SSSR count). The Kier molecular flexibility index (Phi) is 4.54. The van der Waals surface area contributed by atoms with Gasteiger partial charge in [-0.25, -0.2) is 0 Å². The van der Waals surface area contributed by atoms with Gasteiger partial charge in [0, 0.05) is 12.6 Å². The van der Waals surface area contributed by atoms with E-state index in [2.05, 4.69) is 6.58 Å². The van der Waals surface area contributed by atoms with E-state index in [1.165, 1.54) is 6.08 Å². The van der Waals surface area contributed by atoms with E-state index in [0.29, 0.717) is 6.54 Å². The average molecular weight is 157 g/mol. The molecule has 0 aromatic heterocycles. The van der Waals surface area contributed by atoms with Gasteiger partial charge in [-0.2, -0.15) is 0 Å². The fraction of sp³-hybridized carbons (Fsp3) is 0.625. The van der Waals surface area contributed by atoms with E-state index in [1.54, 1.807) is 4.90 Å². The molecule has 11 heavy (non-hydrogen) atoms. The molecule has 0 atom stereocenters. The Balaban J connectivity index is 4.08. The van der Waals surface area contributed by atoms with Gasteiger partial charge < -0.3 is 10.0 Å². The predicted molar refractivity (Wildman–Crippen MR) is 44.1 cm³/mol. The summed E-state index contributed by atoms with van der Waals surface area (Å²) in [4.78, 5) is 12.6. The molecule has 3 heteroatoms. The van der Waals surface area contributed by atoms with Gasteiger partial charge in [-0.05, 0) is 19.9 Å². The lowest BCUT2D eigenvalue weighted by Gasteiger charge is -2.24. The van der Waals surface area contributed by atoms with Crippen molar-refractivity contribution in [1.82, 2.24) is 4.90 Å². The highest BCUT2D eigenvalue weighted by molar-refractivity contribution is 5.87. The van der Waals surface area contributed by atoms with Crippen LogP contribution < -0.4 is 0 Å².